The monoisotopic (exact) mass is 503 g/mol. The van der Waals surface area contributed by atoms with Crippen LogP contribution < -0.4 is 14.4 Å². The van der Waals surface area contributed by atoms with Crippen molar-refractivity contribution in [3.8, 4) is 0 Å². The summed E-state index contributed by atoms with van der Waals surface area (Å²) in [6.45, 7) is 6.47. The zero-order chi connectivity index (χ0) is 25.4. The second-order valence-corrected chi connectivity index (χ2v) is 9.17. The van der Waals surface area contributed by atoms with Gasteiger partial charge in [0.05, 0.1) is 31.1 Å². The molecule has 2 N–H and O–H groups in total. The summed E-state index contributed by atoms with van der Waals surface area (Å²) in [4.78, 5) is 18.3. The molecule has 0 saturated heterocycles. The highest BCUT2D eigenvalue weighted by Crippen LogP contribution is 2.43. The highest BCUT2D eigenvalue weighted by molar-refractivity contribution is 7.85. The van der Waals surface area contributed by atoms with Crippen molar-refractivity contribution in [1.29, 1.82) is 0 Å². The number of rotatable bonds is 8. The number of hydrogen-bond acceptors (Lipinski definition) is 6. The van der Waals surface area contributed by atoms with Gasteiger partial charge in [0.25, 0.3) is 5.82 Å². The molecule has 0 bridgehead atoms. The molecule has 3 aromatic rings. The predicted molar refractivity (Wildman–Crippen MR) is 146 cm³/mol. The predicted octanol–water partition coefficient (Wildman–Crippen LogP) is 3.27. The van der Waals surface area contributed by atoms with Crippen molar-refractivity contribution in [2.45, 2.75) is 26.9 Å². The molecular formula is C28H31N4O3S+. The number of nitrogens with zero attached hydrogens (tertiary/aromatic N) is 4. The molecule has 2 heterocycles. The van der Waals surface area contributed by atoms with Crippen molar-refractivity contribution in [3.63, 3.8) is 0 Å². The lowest BCUT2D eigenvalue weighted by atomic mass is 9.89. The van der Waals surface area contributed by atoms with E-state index in [0.29, 0.717) is 29.1 Å². The third-order valence-corrected chi connectivity index (χ3v) is 7.34. The summed E-state index contributed by atoms with van der Waals surface area (Å²) in [6.07, 6.45) is 3.77. The van der Waals surface area contributed by atoms with Gasteiger partial charge in [0.15, 0.2) is 16.8 Å². The van der Waals surface area contributed by atoms with Crippen LogP contribution in [0.3, 0.4) is 0 Å². The molecule has 0 fully saturated rings. The molecular weight excluding hydrogens is 472 g/mol. The summed E-state index contributed by atoms with van der Waals surface area (Å²) in [5.74, 6) is 1.66. The first-order valence-corrected chi connectivity index (χ1v) is 12.8. The number of anilines is 2. The van der Waals surface area contributed by atoms with E-state index in [4.69, 9.17) is 12.6 Å². The molecule has 0 amide bonds. The smallest absolute Gasteiger partial charge is 0.283 e. The number of aliphatic hydroxyl groups is 2. The number of allylic oxidation sites excluding steroid dienone is 3. The largest absolute Gasteiger partial charge is 0.395 e. The first-order chi connectivity index (χ1) is 17.5. The van der Waals surface area contributed by atoms with Gasteiger partial charge < -0.3 is 20.0 Å². The number of carbonyl (C=O) groups is 1. The number of aryl methyl sites for hydroxylation is 1. The van der Waals surface area contributed by atoms with Crippen LogP contribution in [-0.2, 0) is 17.9 Å². The van der Waals surface area contributed by atoms with E-state index in [1.54, 1.807) is 0 Å². The van der Waals surface area contributed by atoms with Gasteiger partial charge >= 0.3 is 0 Å². The number of Topliss-reactive ketones (excluding diaryl/α,β-unsaturated/α-hetero) is 1. The van der Waals surface area contributed by atoms with Crippen molar-refractivity contribution in [1.82, 2.24) is 4.57 Å². The van der Waals surface area contributed by atoms with Gasteiger partial charge in [0.1, 0.15) is 12.4 Å². The van der Waals surface area contributed by atoms with E-state index < -0.39 is 0 Å². The molecule has 1 aromatic heterocycles. The minimum Gasteiger partial charge on any atom is -0.395 e. The quantitative estimate of drug-likeness (QED) is 0.250. The summed E-state index contributed by atoms with van der Waals surface area (Å²) < 4.78 is 4.20. The molecule has 2 aromatic carbocycles. The summed E-state index contributed by atoms with van der Waals surface area (Å²) in [6, 6.07) is 16.1. The lowest BCUT2D eigenvalue weighted by molar-refractivity contribution is -0.675. The summed E-state index contributed by atoms with van der Waals surface area (Å²) in [5.41, 5.74) is 5.26. The Hall–Kier alpha value is -3.33. The SMILES string of the molecule is CCN1C(=CC2=C(S)C(=Cc3n(CC)c4ccccc4[n+]3CCO)C2=O)N(CCO)c2ccccc21. The third-order valence-electron chi connectivity index (χ3n) is 6.86. The zero-order valence-electron chi connectivity index (χ0n) is 20.6. The Balaban J connectivity index is 1.59. The number of aromatic nitrogens is 2. The fraction of sp³-hybridized carbons (Fsp3) is 0.286. The topological polar surface area (TPSA) is 72.8 Å². The molecule has 0 atom stereocenters. The van der Waals surface area contributed by atoms with Crippen molar-refractivity contribution < 1.29 is 19.6 Å². The minimum atomic E-state index is -0.0630. The van der Waals surface area contributed by atoms with Gasteiger partial charge in [0, 0.05) is 35.2 Å². The molecule has 5 rings (SSSR count). The van der Waals surface area contributed by atoms with E-state index in [9.17, 15) is 15.0 Å². The second-order valence-electron chi connectivity index (χ2n) is 8.73. The molecule has 1 aliphatic heterocycles. The Kier molecular flexibility index (Phi) is 6.75. The van der Waals surface area contributed by atoms with Crippen molar-refractivity contribution in [2.24, 2.45) is 0 Å². The average molecular weight is 504 g/mol. The van der Waals surface area contributed by atoms with Crippen molar-refractivity contribution in [2.75, 3.05) is 36.1 Å². The van der Waals surface area contributed by atoms with Crippen molar-refractivity contribution >= 4 is 46.9 Å². The molecule has 186 valence electrons. The highest BCUT2D eigenvalue weighted by atomic mass is 32.1. The van der Waals surface area contributed by atoms with Gasteiger partial charge in [-0.25, -0.2) is 9.13 Å². The van der Waals surface area contributed by atoms with Crippen LogP contribution in [0.25, 0.3) is 17.1 Å². The van der Waals surface area contributed by atoms with Crippen LogP contribution in [0.2, 0.25) is 0 Å². The van der Waals surface area contributed by atoms with Gasteiger partial charge in [-0.2, -0.15) is 0 Å². The summed E-state index contributed by atoms with van der Waals surface area (Å²) >= 11 is 4.74. The normalized spacial score (nSPS) is 17.6. The number of ketones is 1. The third kappa shape index (κ3) is 3.77. The molecule has 0 unspecified atom stereocenters. The first kappa shape index (κ1) is 24.4. The van der Waals surface area contributed by atoms with Crippen LogP contribution in [0.4, 0.5) is 11.4 Å². The molecule has 0 spiro atoms. The maximum absolute atomic E-state index is 13.4. The maximum Gasteiger partial charge on any atom is 0.283 e. The molecule has 2 aliphatic rings. The van der Waals surface area contributed by atoms with Gasteiger partial charge in [0.2, 0.25) is 0 Å². The van der Waals surface area contributed by atoms with Crippen LogP contribution in [0.1, 0.15) is 19.7 Å². The van der Waals surface area contributed by atoms with Crippen molar-refractivity contribution in [3.05, 3.63) is 82.3 Å². The number of β-amino-alcohol motifs (C(OH)–C–C–N with tert-alkyl or cyclic N) is 1. The highest BCUT2D eigenvalue weighted by Gasteiger charge is 2.36. The van der Waals surface area contributed by atoms with E-state index >= 15 is 0 Å². The number of fused-ring (bicyclic) bond motifs is 2. The van der Waals surface area contributed by atoms with Crippen LogP contribution in [0.15, 0.2) is 76.5 Å². The Morgan fingerprint density at radius 2 is 1.61 bits per heavy atom. The lowest BCUT2D eigenvalue weighted by Gasteiger charge is -2.27. The zero-order valence-corrected chi connectivity index (χ0v) is 21.4. The van der Waals surface area contributed by atoms with E-state index in [2.05, 4.69) is 35.4 Å². The fourth-order valence-corrected chi connectivity index (χ4v) is 5.57. The van der Waals surface area contributed by atoms with E-state index in [0.717, 1.165) is 47.1 Å². The second kappa shape index (κ2) is 9.97. The number of carbonyl (C=O) groups excluding carboxylic acids is 1. The molecule has 36 heavy (non-hydrogen) atoms. The van der Waals surface area contributed by atoms with E-state index in [-0.39, 0.29) is 19.0 Å². The average Bonchev–Trinajstić information content (AvgIpc) is 3.37. The first-order valence-electron chi connectivity index (χ1n) is 12.3. The number of thiol groups is 1. The molecule has 1 aliphatic carbocycles. The Morgan fingerprint density at radius 3 is 2.25 bits per heavy atom. The standard InChI is InChI=1S/C28H30N4O3S/c1-3-29-21-9-5-7-11-23(21)31(13-15-33)25(29)17-19-27(35)20(28(19)36)18-26-30(4-2)22-10-6-8-12-24(22)32(26)14-16-34/h5-12,17-18,33-34H,3-4,13-16H2,1-2H3/p+1. The van der Waals surface area contributed by atoms with E-state index in [1.807, 2.05) is 58.0 Å². The molecule has 0 radical (unpaired) electrons. The fourth-order valence-electron chi connectivity index (χ4n) is 5.24. The maximum atomic E-state index is 13.4. The number of aliphatic hydroxyl groups excluding tert-OH is 2. The number of hydrogen-bond donors (Lipinski definition) is 3. The molecule has 0 saturated carbocycles. The van der Waals surface area contributed by atoms with Crippen LogP contribution in [0.5, 0.6) is 0 Å². The Labute approximate surface area is 216 Å². The summed E-state index contributed by atoms with van der Waals surface area (Å²) in [5, 5.41) is 19.4. The van der Waals surface area contributed by atoms with Crippen LogP contribution in [0, 0.1) is 0 Å². The minimum absolute atomic E-state index is 0.00152. The number of para-hydroxylation sites is 4. The number of benzene rings is 2. The van der Waals surface area contributed by atoms with Gasteiger partial charge in [-0.1, -0.05) is 24.3 Å². The lowest BCUT2D eigenvalue weighted by Crippen LogP contribution is -2.38. The number of imidazole rings is 1. The van der Waals surface area contributed by atoms with Crippen LogP contribution in [-0.4, -0.2) is 46.9 Å². The van der Waals surface area contributed by atoms with E-state index in [1.165, 1.54) is 0 Å². The molecule has 8 heteroatoms. The molecule has 7 nitrogen and oxygen atoms in total. The Bertz CT molecular complexity index is 1440. The summed E-state index contributed by atoms with van der Waals surface area (Å²) in [7, 11) is 0. The van der Waals surface area contributed by atoms with Gasteiger partial charge in [-0.15, -0.1) is 12.6 Å². The Morgan fingerprint density at radius 1 is 0.917 bits per heavy atom. The van der Waals surface area contributed by atoms with Gasteiger partial charge in [-0.05, 0) is 44.2 Å². The van der Waals surface area contributed by atoms with Gasteiger partial charge in [-0.3, -0.25) is 4.79 Å². The van der Waals surface area contributed by atoms with Crippen LogP contribution >= 0.6 is 12.6 Å².